The molecule has 0 bridgehead atoms. The van der Waals surface area contributed by atoms with Gasteiger partial charge >= 0.3 is 0 Å². The zero-order chi connectivity index (χ0) is 12.1. The van der Waals surface area contributed by atoms with Crippen LogP contribution >= 0.6 is 0 Å². The van der Waals surface area contributed by atoms with E-state index in [9.17, 15) is 4.79 Å². The first-order chi connectivity index (χ1) is 8.29. The summed E-state index contributed by atoms with van der Waals surface area (Å²) in [7, 11) is 1.62. The minimum absolute atomic E-state index is 0.204. The Balaban J connectivity index is 1.89. The summed E-state index contributed by atoms with van der Waals surface area (Å²) in [5.74, 6) is 0.952. The van der Waals surface area contributed by atoms with Crippen LogP contribution in [0.3, 0.4) is 0 Å². The Morgan fingerprint density at radius 1 is 1.35 bits per heavy atom. The van der Waals surface area contributed by atoms with Crippen molar-refractivity contribution in [3.8, 4) is 5.75 Å². The highest BCUT2D eigenvalue weighted by atomic mass is 16.5. The highest BCUT2D eigenvalue weighted by Crippen LogP contribution is 2.15. The highest BCUT2D eigenvalue weighted by molar-refractivity contribution is 5.96. The molecule has 0 saturated carbocycles. The molecular formula is C14H19NO2. The maximum Gasteiger partial charge on any atom is 0.164 e. The molecule has 0 atom stereocenters. The van der Waals surface area contributed by atoms with Crippen LogP contribution in [0.1, 0.15) is 29.6 Å². The zero-order valence-corrected chi connectivity index (χ0v) is 10.3. The number of hydrogen-bond acceptors (Lipinski definition) is 3. The van der Waals surface area contributed by atoms with E-state index in [1.807, 2.05) is 24.3 Å². The molecule has 1 aliphatic rings. The van der Waals surface area contributed by atoms with Crippen molar-refractivity contribution >= 4 is 5.78 Å². The van der Waals surface area contributed by atoms with Crippen molar-refractivity contribution in [1.82, 2.24) is 4.90 Å². The summed E-state index contributed by atoms with van der Waals surface area (Å²) in [6.07, 6.45) is 3.15. The second kappa shape index (κ2) is 5.82. The minimum atomic E-state index is 0.204. The van der Waals surface area contributed by atoms with Gasteiger partial charge < -0.3 is 9.64 Å². The third kappa shape index (κ3) is 3.30. The molecule has 1 saturated heterocycles. The third-order valence-electron chi connectivity index (χ3n) is 3.25. The van der Waals surface area contributed by atoms with Crippen LogP contribution in [0.5, 0.6) is 5.75 Å². The molecule has 1 fully saturated rings. The first kappa shape index (κ1) is 12.1. The molecule has 3 heteroatoms. The van der Waals surface area contributed by atoms with E-state index in [0.29, 0.717) is 6.42 Å². The number of hydrogen-bond donors (Lipinski definition) is 0. The number of methoxy groups -OCH3 is 1. The summed E-state index contributed by atoms with van der Waals surface area (Å²) in [6, 6.07) is 7.39. The first-order valence-electron chi connectivity index (χ1n) is 6.19. The van der Waals surface area contributed by atoms with Gasteiger partial charge in [-0.15, -0.1) is 0 Å². The standard InChI is InChI=1S/C14H19NO2/c1-17-13-6-4-5-12(11-13)14(16)7-10-15-8-2-3-9-15/h4-6,11H,2-3,7-10H2,1H3. The number of likely N-dealkylation sites (tertiary alicyclic amines) is 1. The lowest BCUT2D eigenvalue weighted by molar-refractivity contribution is 0.0968. The van der Waals surface area contributed by atoms with Crippen LogP contribution in [0.15, 0.2) is 24.3 Å². The third-order valence-corrected chi connectivity index (χ3v) is 3.25. The Bertz CT molecular complexity index is 384. The SMILES string of the molecule is COc1cccc(C(=O)CCN2CCCC2)c1. The molecule has 1 aliphatic heterocycles. The summed E-state index contributed by atoms with van der Waals surface area (Å²) < 4.78 is 5.12. The summed E-state index contributed by atoms with van der Waals surface area (Å²) >= 11 is 0. The predicted molar refractivity (Wildman–Crippen MR) is 67.6 cm³/mol. The second-order valence-corrected chi connectivity index (χ2v) is 4.45. The second-order valence-electron chi connectivity index (χ2n) is 4.45. The summed E-state index contributed by atoms with van der Waals surface area (Å²) in [6.45, 7) is 3.17. The van der Waals surface area contributed by atoms with Gasteiger partial charge in [0.15, 0.2) is 5.78 Å². The van der Waals surface area contributed by atoms with E-state index in [1.165, 1.54) is 12.8 Å². The Labute approximate surface area is 102 Å². The molecule has 0 unspecified atom stereocenters. The quantitative estimate of drug-likeness (QED) is 0.731. The van der Waals surface area contributed by atoms with Crippen LogP contribution in [0.25, 0.3) is 0 Å². The first-order valence-corrected chi connectivity index (χ1v) is 6.19. The summed E-state index contributed by atoms with van der Waals surface area (Å²) in [4.78, 5) is 14.3. The molecular weight excluding hydrogens is 214 g/mol. The van der Waals surface area contributed by atoms with Gasteiger partial charge in [0.1, 0.15) is 5.75 Å². The van der Waals surface area contributed by atoms with Gasteiger partial charge in [-0.2, -0.15) is 0 Å². The van der Waals surface area contributed by atoms with Crippen LogP contribution in [0.4, 0.5) is 0 Å². The Morgan fingerprint density at radius 2 is 2.12 bits per heavy atom. The summed E-state index contributed by atoms with van der Waals surface area (Å²) in [5, 5.41) is 0. The predicted octanol–water partition coefficient (Wildman–Crippen LogP) is 2.36. The van der Waals surface area contributed by atoms with Crippen molar-refractivity contribution in [2.24, 2.45) is 0 Å². The van der Waals surface area contributed by atoms with Crippen LogP contribution in [0.2, 0.25) is 0 Å². The molecule has 1 heterocycles. The molecule has 1 aromatic rings. The van der Waals surface area contributed by atoms with Crippen molar-refractivity contribution in [1.29, 1.82) is 0 Å². The van der Waals surface area contributed by atoms with Crippen molar-refractivity contribution in [3.63, 3.8) is 0 Å². The van der Waals surface area contributed by atoms with E-state index in [4.69, 9.17) is 4.74 Å². The molecule has 0 aromatic heterocycles. The number of nitrogens with zero attached hydrogens (tertiary/aromatic N) is 1. The monoisotopic (exact) mass is 233 g/mol. The van der Waals surface area contributed by atoms with E-state index < -0.39 is 0 Å². The number of benzene rings is 1. The number of ketones is 1. The van der Waals surface area contributed by atoms with Crippen LogP contribution in [-0.2, 0) is 0 Å². The van der Waals surface area contributed by atoms with Crippen molar-refractivity contribution in [3.05, 3.63) is 29.8 Å². The maximum absolute atomic E-state index is 12.0. The molecule has 0 N–H and O–H groups in total. The number of carbonyl (C=O) groups is 1. The zero-order valence-electron chi connectivity index (χ0n) is 10.3. The van der Waals surface area contributed by atoms with Gasteiger partial charge in [0.05, 0.1) is 7.11 Å². The van der Waals surface area contributed by atoms with Crippen molar-refractivity contribution < 1.29 is 9.53 Å². The lowest BCUT2D eigenvalue weighted by atomic mass is 10.1. The van der Waals surface area contributed by atoms with Crippen LogP contribution in [0, 0.1) is 0 Å². The van der Waals surface area contributed by atoms with Crippen LogP contribution in [-0.4, -0.2) is 37.4 Å². The molecule has 1 aromatic carbocycles. The molecule has 0 radical (unpaired) electrons. The average Bonchev–Trinajstić information content (AvgIpc) is 2.89. The fraction of sp³-hybridized carbons (Fsp3) is 0.500. The Hall–Kier alpha value is -1.35. The van der Waals surface area contributed by atoms with E-state index in [1.54, 1.807) is 7.11 Å². The van der Waals surface area contributed by atoms with Gasteiger partial charge in [-0.1, -0.05) is 12.1 Å². The normalized spacial score (nSPS) is 16.1. The number of carbonyl (C=O) groups excluding carboxylic acids is 1. The fourth-order valence-electron chi connectivity index (χ4n) is 2.21. The largest absolute Gasteiger partial charge is 0.497 e. The van der Waals surface area contributed by atoms with Crippen molar-refractivity contribution in [2.75, 3.05) is 26.7 Å². The molecule has 0 aliphatic carbocycles. The van der Waals surface area contributed by atoms with Crippen LogP contribution < -0.4 is 4.74 Å². The van der Waals surface area contributed by atoms with E-state index >= 15 is 0 Å². The van der Waals surface area contributed by atoms with E-state index in [-0.39, 0.29) is 5.78 Å². The van der Waals surface area contributed by atoms with Gasteiger partial charge in [0, 0.05) is 18.5 Å². The lowest BCUT2D eigenvalue weighted by Gasteiger charge is -2.13. The van der Waals surface area contributed by atoms with E-state index in [2.05, 4.69) is 4.90 Å². The number of ether oxygens (including phenoxy) is 1. The molecule has 0 spiro atoms. The number of Topliss-reactive ketones (excluding diaryl/α,β-unsaturated/α-hetero) is 1. The Morgan fingerprint density at radius 3 is 2.82 bits per heavy atom. The van der Waals surface area contributed by atoms with Crippen molar-refractivity contribution in [2.45, 2.75) is 19.3 Å². The van der Waals surface area contributed by atoms with E-state index in [0.717, 1.165) is 30.9 Å². The molecule has 0 amide bonds. The molecule has 2 rings (SSSR count). The summed E-state index contributed by atoms with van der Waals surface area (Å²) in [5.41, 5.74) is 0.753. The van der Waals surface area contributed by atoms with Gasteiger partial charge in [-0.3, -0.25) is 4.79 Å². The molecule has 17 heavy (non-hydrogen) atoms. The smallest absolute Gasteiger partial charge is 0.164 e. The Kier molecular flexibility index (Phi) is 4.15. The molecule has 92 valence electrons. The van der Waals surface area contributed by atoms with Gasteiger partial charge in [-0.05, 0) is 38.1 Å². The van der Waals surface area contributed by atoms with Gasteiger partial charge in [-0.25, -0.2) is 0 Å². The minimum Gasteiger partial charge on any atom is -0.497 e. The van der Waals surface area contributed by atoms with Gasteiger partial charge in [0.25, 0.3) is 0 Å². The van der Waals surface area contributed by atoms with Gasteiger partial charge in [0.2, 0.25) is 0 Å². The lowest BCUT2D eigenvalue weighted by Crippen LogP contribution is -2.22. The fourth-order valence-corrected chi connectivity index (χ4v) is 2.21. The highest BCUT2D eigenvalue weighted by Gasteiger charge is 2.13. The maximum atomic E-state index is 12.0. The number of rotatable bonds is 5. The molecule has 3 nitrogen and oxygen atoms in total. The topological polar surface area (TPSA) is 29.5 Å². The average molecular weight is 233 g/mol.